The van der Waals surface area contributed by atoms with Crippen LogP contribution in [-0.4, -0.2) is 38.7 Å². The fraction of sp³-hybridized carbons (Fsp3) is 0.462. The van der Waals surface area contributed by atoms with Crippen LogP contribution in [0.15, 0.2) is 24.3 Å². The zero-order chi connectivity index (χ0) is 12.4. The van der Waals surface area contributed by atoms with Crippen molar-refractivity contribution in [3.8, 4) is 0 Å². The molecule has 1 heterocycles. The highest BCUT2D eigenvalue weighted by Gasteiger charge is 2.30. The number of carbonyl (C=O) groups excluding carboxylic acids is 1. The van der Waals surface area contributed by atoms with Crippen LogP contribution >= 0.6 is 0 Å². The summed E-state index contributed by atoms with van der Waals surface area (Å²) in [5.41, 5.74) is 2.23. The van der Waals surface area contributed by atoms with Crippen LogP contribution in [0, 0.1) is 0 Å². The van der Waals surface area contributed by atoms with Gasteiger partial charge in [-0.05, 0) is 18.1 Å². The number of anilines is 1. The Morgan fingerprint density at radius 1 is 1.47 bits per heavy atom. The third kappa shape index (κ3) is 2.13. The third-order valence-corrected chi connectivity index (χ3v) is 3.36. The molecule has 0 saturated carbocycles. The van der Waals surface area contributed by atoms with Crippen LogP contribution in [0.3, 0.4) is 0 Å². The fourth-order valence-corrected chi connectivity index (χ4v) is 2.29. The average molecular weight is 234 g/mol. The molecule has 0 radical (unpaired) electrons. The first-order valence-electron chi connectivity index (χ1n) is 5.77. The smallest absolute Gasteiger partial charge is 0.253 e. The van der Waals surface area contributed by atoms with E-state index < -0.39 is 0 Å². The van der Waals surface area contributed by atoms with Crippen molar-refractivity contribution < 1.29 is 9.63 Å². The maximum absolute atomic E-state index is 12.2. The normalized spacial score (nSPS) is 18.8. The minimum Gasteiger partial charge on any atom is -0.374 e. The van der Waals surface area contributed by atoms with Gasteiger partial charge in [-0.25, -0.2) is 5.06 Å². The zero-order valence-corrected chi connectivity index (χ0v) is 10.5. The maximum atomic E-state index is 12.2. The number of hydroxylamine groups is 2. The lowest BCUT2D eigenvalue weighted by Crippen LogP contribution is -2.36. The van der Waals surface area contributed by atoms with Crippen molar-refractivity contribution in [1.29, 1.82) is 0 Å². The van der Waals surface area contributed by atoms with Crippen molar-refractivity contribution >= 4 is 11.6 Å². The van der Waals surface area contributed by atoms with Gasteiger partial charge in [-0.2, -0.15) is 0 Å². The summed E-state index contributed by atoms with van der Waals surface area (Å²) in [6, 6.07) is 8.06. The monoisotopic (exact) mass is 234 g/mol. The maximum Gasteiger partial charge on any atom is 0.253 e. The Bertz CT molecular complexity index is 420. The summed E-state index contributed by atoms with van der Waals surface area (Å²) in [5.74, 6) is -0.0691. The van der Waals surface area contributed by atoms with Gasteiger partial charge in [0.25, 0.3) is 5.91 Å². The number of hydrogen-bond acceptors (Lipinski definition) is 3. The minimum atomic E-state index is -0.0904. The number of rotatable bonds is 2. The van der Waals surface area contributed by atoms with Crippen molar-refractivity contribution in [2.75, 3.05) is 32.6 Å². The van der Waals surface area contributed by atoms with Gasteiger partial charge < -0.3 is 4.90 Å². The van der Waals surface area contributed by atoms with Crippen LogP contribution in [0.1, 0.15) is 17.9 Å². The van der Waals surface area contributed by atoms with Gasteiger partial charge in [0.1, 0.15) is 0 Å². The van der Waals surface area contributed by atoms with Gasteiger partial charge in [-0.3, -0.25) is 9.63 Å². The summed E-state index contributed by atoms with van der Waals surface area (Å²) >= 11 is 0. The second-order valence-electron chi connectivity index (χ2n) is 4.34. The second-order valence-corrected chi connectivity index (χ2v) is 4.34. The van der Waals surface area contributed by atoms with Crippen molar-refractivity contribution in [1.82, 2.24) is 5.06 Å². The molecule has 0 N–H and O–H groups in total. The van der Waals surface area contributed by atoms with E-state index in [1.54, 1.807) is 7.05 Å². The molecule has 2 rings (SSSR count). The van der Waals surface area contributed by atoms with E-state index in [4.69, 9.17) is 4.84 Å². The largest absolute Gasteiger partial charge is 0.374 e. The number of para-hydroxylation sites is 1. The lowest BCUT2D eigenvalue weighted by atomic mass is 9.89. The summed E-state index contributed by atoms with van der Waals surface area (Å²) in [4.78, 5) is 19.3. The van der Waals surface area contributed by atoms with Gasteiger partial charge in [0.05, 0.1) is 13.0 Å². The summed E-state index contributed by atoms with van der Waals surface area (Å²) < 4.78 is 0. The van der Waals surface area contributed by atoms with Crippen LogP contribution in [0.2, 0.25) is 0 Å². The van der Waals surface area contributed by atoms with Crippen molar-refractivity contribution in [3.63, 3.8) is 0 Å². The molecule has 1 unspecified atom stereocenters. The summed E-state index contributed by atoms with van der Waals surface area (Å²) in [7, 11) is 5.22. The molecule has 1 aliphatic rings. The van der Waals surface area contributed by atoms with E-state index in [1.807, 2.05) is 18.2 Å². The highest BCUT2D eigenvalue weighted by Crippen LogP contribution is 2.35. The second kappa shape index (κ2) is 4.75. The molecule has 1 amide bonds. The quantitative estimate of drug-likeness (QED) is 0.729. The van der Waals surface area contributed by atoms with Crippen LogP contribution in [0.5, 0.6) is 0 Å². The molecular weight excluding hydrogens is 216 g/mol. The molecule has 1 atom stereocenters. The van der Waals surface area contributed by atoms with Crippen LogP contribution < -0.4 is 4.90 Å². The fourth-order valence-electron chi connectivity index (χ4n) is 2.29. The van der Waals surface area contributed by atoms with Gasteiger partial charge in [0.15, 0.2) is 0 Å². The summed E-state index contributed by atoms with van der Waals surface area (Å²) in [6.07, 6.45) is 0.833. The Labute approximate surface area is 102 Å². The molecule has 1 aromatic rings. The lowest BCUT2D eigenvalue weighted by Gasteiger charge is -2.33. The molecule has 1 aliphatic heterocycles. The summed E-state index contributed by atoms with van der Waals surface area (Å²) in [6.45, 7) is 0.894. The van der Waals surface area contributed by atoms with Gasteiger partial charge in [-0.1, -0.05) is 18.2 Å². The molecule has 1 aromatic carbocycles. The Hall–Kier alpha value is -1.55. The number of likely N-dealkylation sites (N-methyl/N-ethyl adjacent to an activating group) is 1. The van der Waals surface area contributed by atoms with Gasteiger partial charge >= 0.3 is 0 Å². The highest BCUT2D eigenvalue weighted by molar-refractivity contribution is 5.85. The predicted molar refractivity (Wildman–Crippen MR) is 66.8 cm³/mol. The third-order valence-electron chi connectivity index (χ3n) is 3.36. The molecule has 92 valence electrons. The average Bonchev–Trinajstić information content (AvgIpc) is 2.38. The van der Waals surface area contributed by atoms with E-state index in [0.29, 0.717) is 0 Å². The molecule has 4 heteroatoms. The highest BCUT2D eigenvalue weighted by atomic mass is 16.7. The van der Waals surface area contributed by atoms with E-state index >= 15 is 0 Å². The number of amides is 1. The molecule has 0 fully saturated rings. The number of hydrogen-bond donors (Lipinski definition) is 0. The van der Waals surface area contributed by atoms with Gasteiger partial charge in [0.2, 0.25) is 0 Å². The van der Waals surface area contributed by atoms with Crippen molar-refractivity contribution in [3.05, 3.63) is 29.8 Å². The molecule has 17 heavy (non-hydrogen) atoms. The summed E-state index contributed by atoms with van der Waals surface area (Å²) in [5, 5.41) is 1.31. The molecule has 0 spiro atoms. The number of carbonyl (C=O) groups is 1. The Kier molecular flexibility index (Phi) is 3.33. The Balaban J connectivity index is 2.33. The Morgan fingerprint density at radius 3 is 2.88 bits per heavy atom. The Morgan fingerprint density at radius 2 is 2.18 bits per heavy atom. The molecule has 0 saturated heterocycles. The van der Waals surface area contributed by atoms with E-state index in [2.05, 4.69) is 18.0 Å². The topological polar surface area (TPSA) is 32.8 Å². The van der Waals surface area contributed by atoms with Crippen LogP contribution in [0.25, 0.3) is 0 Å². The van der Waals surface area contributed by atoms with Gasteiger partial charge in [0, 0.05) is 26.3 Å². The first-order valence-corrected chi connectivity index (χ1v) is 5.77. The van der Waals surface area contributed by atoms with Crippen molar-refractivity contribution in [2.45, 2.75) is 12.3 Å². The van der Waals surface area contributed by atoms with Crippen LogP contribution in [-0.2, 0) is 9.63 Å². The van der Waals surface area contributed by atoms with E-state index in [9.17, 15) is 4.79 Å². The zero-order valence-electron chi connectivity index (χ0n) is 10.5. The van der Waals surface area contributed by atoms with Crippen molar-refractivity contribution in [2.24, 2.45) is 0 Å². The first-order chi connectivity index (χ1) is 8.15. The predicted octanol–water partition coefficient (Wildman–Crippen LogP) is 1.63. The first kappa shape index (κ1) is 11.9. The number of nitrogens with zero attached hydrogens (tertiary/aromatic N) is 2. The number of benzene rings is 1. The van der Waals surface area contributed by atoms with E-state index in [0.717, 1.165) is 24.2 Å². The number of fused-ring (bicyclic) bond motifs is 1. The van der Waals surface area contributed by atoms with Crippen LogP contribution in [0.4, 0.5) is 5.69 Å². The molecule has 0 aliphatic carbocycles. The standard InChI is InChI=1S/C13H18N2O2/c1-14-9-8-11(13(16)15(2)17-3)10-6-4-5-7-12(10)14/h4-7,11H,8-9H2,1-3H3. The van der Waals surface area contributed by atoms with E-state index in [-0.39, 0.29) is 11.8 Å². The van der Waals surface area contributed by atoms with Gasteiger partial charge in [-0.15, -0.1) is 0 Å². The lowest BCUT2D eigenvalue weighted by molar-refractivity contribution is -0.170. The molecule has 0 bridgehead atoms. The molecule has 4 nitrogen and oxygen atoms in total. The molecular formula is C13H18N2O2. The SMILES string of the molecule is CON(C)C(=O)C1CCN(C)c2ccccc21. The molecule has 0 aromatic heterocycles. The minimum absolute atomic E-state index is 0.0213. The van der Waals surface area contributed by atoms with E-state index in [1.165, 1.54) is 12.2 Å².